The maximum Gasteiger partial charge on any atom is 0.127 e. The molecule has 2 rings (SSSR count). The number of hydrogen-bond acceptors (Lipinski definition) is 0. The van der Waals surface area contributed by atoms with Gasteiger partial charge in [-0.15, -0.1) is 0 Å². The second-order valence-corrected chi connectivity index (χ2v) is 5.86. The molecule has 1 unspecified atom stereocenters. The minimum absolute atomic E-state index is 0.0284. The molecular weight excluding hydrogens is 315 g/mol. The van der Waals surface area contributed by atoms with E-state index in [1.54, 1.807) is 6.07 Å². The summed E-state index contributed by atoms with van der Waals surface area (Å²) >= 11 is 9.38. The summed E-state index contributed by atoms with van der Waals surface area (Å²) in [6.45, 7) is 1.88. The van der Waals surface area contributed by atoms with Gasteiger partial charge in [0.25, 0.3) is 0 Å². The molecule has 1 atom stereocenters. The quantitative estimate of drug-likeness (QED) is 0.656. The summed E-state index contributed by atoms with van der Waals surface area (Å²) < 4.78 is 13.8. The lowest BCUT2D eigenvalue weighted by atomic mass is 10.0. The van der Waals surface area contributed by atoms with Crippen molar-refractivity contribution in [3.05, 3.63) is 70.0 Å². The molecule has 0 aliphatic heterocycles. The topological polar surface area (TPSA) is 0 Å². The maximum absolute atomic E-state index is 13.8. The lowest BCUT2D eigenvalue weighted by Gasteiger charge is -2.12. The lowest BCUT2D eigenvalue weighted by molar-refractivity contribution is 0.607. The lowest BCUT2D eigenvalue weighted by Crippen LogP contribution is -1.99. The Morgan fingerprint density at radius 2 is 1.83 bits per heavy atom. The van der Waals surface area contributed by atoms with Gasteiger partial charge in [-0.2, -0.15) is 0 Å². The molecule has 0 fully saturated rings. The van der Waals surface area contributed by atoms with Gasteiger partial charge in [-0.25, -0.2) is 4.39 Å². The van der Waals surface area contributed by atoms with Gasteiger partial charge in [-0.3, -0.25) is 0 Å². The molecule has 0 aliphatic rings. The van der Waals surface area contributed by atoms with Crippen LogP contribution in [0.3, 0.4) is 0 Å². The van der Waals surface area contributed by atoms with Crippen LogP contribution < -0.4 is 0 Å². The fraction of sp³-hybridized carbons (Fsp3) is 0.200. The highest BCUT2D eigenvalue weighted by Gasteiger charge is 2.13. The first-order valence-corrected chi connectivity index (χ1v) is 7.00. The van der Waals surface area contributed by atoms with Gasteiger partial charge in [0, 0.05) is 15.4 Å². The van der Waals surface area contributed by atoms with Crippen molar-refractivity contribution in [1.29, 1.82) is 0 Å². The van der Waals surface area contributed by atoms with E-state index >= 15 is 0 Å². The van der Waals surface area contributed by atoms with Gasteiger partial charge in [-0.05, 0) is 42.7 Å². The summed E-state index contributed by atoms with van der Waals surface area (Å²) in [5.74, 6) is -0.161. The molecule has 0 spiro atoms. The van der Waals surface area contributed by atoms with Gasteiger partial charge in [0.1, 0.15) is 5.82 Å². The van der Waals surface area contributed by atoms with E-state index in [1.165, 1.54) is 0 Å². The molecule has 94 valence electrons. The molecule has 2 aromatic rings. The smallest absolute Gasteiger partial charge is 0.127 e. The Hall–Kier alpha value is -0.860. The molecule has 0 saturated carbocycles. The van der Waals surface area contributed by atoms with Crippen molar-refractivity contribution in [2.75, 3.05) is 0 Å². The van der Waals surface area contributed by atoms with Gasteiger partial charge >= 0.3 is 0 Å². The third kappa shape index (κ3) is 3.33. The second kappa shape index (κ2) is 5.85. The molecule has 2 aromatic carbocycles. The van der Waals surface area contributed by atoms with Crippen molar-refractivity contribution in [3.8, 4) is 0 Å². The number of alkyl halides is 1. The van der Waals surface area contributed by atoms with Crippen molar-refractivity contribution >= 4 is 27.5 Å². The normalized spacial score (nSPS) is 12.4. The zero-order valence-corrected chi connectivity index (χ0v) is 12.3. The minimum Gasteiger partial charge on any atom is -0.207 e. The first kappa shape index (κ1) is 13.6. The van der Waals surface area contributed by atoms with Crippen LogP contribution in [0.4, 0.5) is 4.39 Å². The fourth-order valence-corrected chi connectivity index (χ4v) is 2.69. The molecule has 0 amide bonds. The van der Waals surface area contributed by atoms with E-state index in [0.717, 1.165) is 17.5 Å². The zero-order valence-electron chi connectivity index (χ0n) is 9.96. The molecule has 0 heterocycles. The second-order valence-electron chi connectivity index (χ2n) is 4.32. The first-order chi connectivity index (χ1) is 8.56. The monoisotopic (exact) mass is 326 g/mol. The summed E-state index contributed by atoms with van der Waals surface area (Å²) in [6, 6.07) is 12.9. The summed E-state index contributed by atoms with van der Waals surface area (Å²) in [5, 5.41) is 0.714. The highest BCUT2D eigenvalue weighted by Crippen LogP contribution is 2.29. The van der Waals surface area contributed by atoms with Gasteiger partial charge in [0.15, 0.2) is 0 Å². The Morgan fingerprint density at radius 1 is 1.17 bits per heavy atom. The standard InChI is InChI=1S/C15H13BrClF/c1-10-2-7-13(15(18)8-10)14(16)9-11-3-5-12(17)6-4-11/h2-8,14H,9H2,1H3. The van der Waals surface area contributed by atoms with Crippen LogP contribution in [0.1, 0.15) is 21.5 Å². The zero-order chi connectivity index (χ0) is 13.1. The molecule has 0 saturated heterocycles. The average molecular weight is 328 g/mol. The van der Waals surface area contributed by atoms with Crippen LogP contribution in [0.5, 0.6) is 0 Å². The van der Waals surface area contributed by atoms with Crippen LogP contribution in [0, 0.1) is 12.7 Å². The predicted octanol–water partition coefficient (Wildman–Crippen LogP) is 5.47. The Morgan fingerprint density at radius 3 is 2.44 bits per heavy atom. The SMILES string of the molecule is Cc1ccc(C(Br)Cc2ccc(Cl)cc2)c(F)c1. The molecule has 3 heteroatoms. The van der Waals surface area contributed by atoms with E-state index < -0.39 is 0 Å². The van der Waals surface area contributed by atoms with Crippen LogP contribution in [0.25, 0.3) is 0 Å². The minimum atomic E-state index is -0.161. The van der Waals surface area contributed by atoms with E-state index in [4.69, 9.17) is 11.6 Å². The van der Waals surface area contributed by atoms with Crippen LogP contribution in [0.15, 0.2) is 42.5 Å². The number of hydrogen-bond donors (Lipinski definition) is 0. The number of benzene rings is 2. The largest absolute Gasteiger partial charge is 0.207 e. The van der Waals surface area contributed by atoms with Crippen LogP contribution in [0.2, 0.25) is 5.02 Å². The molecule has 0 radical (unpaired) electrons. The molecule has 0 bridgehead atoms. The number of halogens is 3. The molecule has 0 N–H and O–H groups in total. The Balaban J connectivity index is 2.16. The van der Waals surface area contributed by atoms with Gasteiger partial charge < -0.3 is 0 Å². The van der Waals surface area contributed by atoms with Gasteiger partial charge in [-0.1, -0.05) is 51.8 Å². The van der Waals surface area contributed by atoms with Crippen molar-refractivity contribution in [2.24, 2.45) is 0 Å². The van der Waals surface area contributed by atoms with Crippen molar-refractivity contribution in [2.45, 2.75) is 18.2 Å². The van der Waals surface area contributed by atoms with Crippen molar-refractivity contribution in [3.63, 3.8) is 0 Å². The van der Waals surface area contributed by atoms with Crippen LogP contribution in [-0.4, -0.2) is 0 Å². The Kier molecular flexibility index (Phi) is 4.41. The van der Waals surface area contributed by atoms with Crippen LogP contribution in [-0.2, 0) is 6.42 Å². The summed E-state index contributed by atoms with van der Waals surface area (Å²) in [6.07, 6.45) is 0.733. The molecular formula is C15H13BrClF. The van der Waals surface area contributed by atoms with Crippen molar-refractivity contribution < 1.29 is 4.39 Å². The van der Waals surface area contributed by atoms with E-state index in [-0.39, 0.29) is 10.6 Å². The summed E-state index contributed by atoms with van der Waals surface area (Å²) in [7, 11) is 0. The number of aryl methyl sites for hydroxylation is 1. The van der Waals surface area contributed by atoms with Crippen molar-refractivity contribution in [1.82, 2.24) is 0 Å². The van der Waals surface area contributed by atoms with Gasteiger partial charge in [0.05, 0.1) is 0 Å². The average Bonchev–Trinajstić information content (AvgIpc) is 2.32. The first-order valence-electron chi connectivity index (χ1n) is 5.71. The fourth-order valence-electron chi connectivity index (χ4n) is 1.82. The molecule has 0 aliphatic carbocycles. The molecule has 0 nitrogen and oxygen atoms in total. The Bertz CT molecular complexity index is 537. The third-order valence-corrected chi connectivity index (χ3v) is 3.89. The van der Waals surface area contributed by atoms with E-state index in [1.807, 2.05) is 43.3 Å². The Labute approximate surface area is 120 Å². The highest BCUT2D eigenvalue weighted by molar-refractivity contribution is 9.09. The van der Waals surface area contributed by atoms with E-state index in [9.17, 15) is 4.39 Å². The van der Waals surface area contributed by atoms with E-state index in [0.29, 0.717) is 10.6 Å². The van der Waals surface area contributed by atoms with Gasteiger partial charge in [0.2, 0.25) is 0 Å². The maximum atomic E-state index is 13.8. The highest BCUT2D eigenvalue weighted by atomic mass is 79.9. The molecule has 18 heavy (non-hydrogen) atoms. The third-order valence-electron chi connectivity index (χ3n) is 2.82. The number of rotatable bonds is 3. The molecule has 0 aromatic heterocycles. The summed E-state index contributed by atoms with van der Waals surface area (Å²) in [5.41, 5.74) is 2.75. The summed E-state index contributed by atoms with van der Waals surface area (Å²) in [4.78, 5) is -0.0284. The van der Waals surface area contributed by atoms with E-state index in [2.05, 4.69) is 15.9 Å². The predicted molar refractivity (Wildman–Crippen MR) is 78.0 cm³/mol. The van der Waals surface area contributed by atoms with Crippen LogP contribution >= 0.6 is 27.5 Å².